The highest BCUT2D eigenvalue weighted by atomic mass is 16.5. The van der Waals surface area contributed by atoms with E-state index in [-0.39, 0.29) is 23.7 Å². The average molecular weight is 369 g/mol. The van der Waals surface area contributed by atoms with Gasteiger partial charge in [0.05, 0.1) is 25.7 Å². The summed E-state index contributed by atoms with van der Waals surface area (Å²) in [7, 11) is 1.34. The van der Waals surface area contributed by atoms with E-state index < -0.39 is 0 Å². The molecule has 2 aromatic carbocycles. The minimum absolute atomic E-state index is 0.0849. The molecule has 0 spiro atoms. The molecule has 0 aliphatic carbocycles. The smallest absolute Gasteiger partial charge is 0.337 e. The number of ether oxygens (including phenoxy) is 2. The molecule has 0 atom stereocenters. The summed E-state index contributed by atoms with van der Waals surface area (Å²) in [5, 5.41) is 2.84. The van der Waals surface area contributed by atoms with Gasteiger partial charge in [-0.05, 0) is 40.8 Å². The molecule has 1 amide bonds. The highest BCUT2D eigenvalue weighted by molar-refractivity contribution is 5.89. The number of methoxy groups -OCH3 is 1. The summed E-state index contributed by atoms with van der Waals surface area (Å²) in [6.07, 6.45) is 0.279. The van der Waals surface area contributed by atoms with Crippen LogP contribution in [-0.2, 0) is 21.5 Å². The molecular formula is C22H27NO4. The molecule has 2 aromatic rings. The Balaban J connectivity index is 1.72. The largest absolute Gasteiger partial charge is 0.493 e. The summed E-state index contributed by atoms with van der Waals surface area (Å²) in [5.74, 6) is 0.297. The zero-order valence-corrected chi connectivity index (χ0v) is 16.4. The fourth-order valence-corrected chi connectivity index (χ4v) is 2.48. The zero-order chi connectivity index (χ0) is 19.9. The van der Waals surface area contributed by atoms with Crippen molar-refractivity contribution < 1.29 is 19.1 Å². The Labute approximate surface area is 160 Å². The summed E-state index contributed by atoms with van der Waals surface area (Å²) >= 11 is 0. The lowest BCUT2D eigenvalue weighted by atomic mass is 9.87. The van der Waals surface area contributed by atoms with E-state index in [0.717, 1.165) is 11.3 Å². The van der Waals surface area contributed by atoms with Crippen LogP contribution in [0.4, 0.5) is 0 Å². The molecule has 0 saturated heterocycles. The Kier molecular flexibility index (Phi) is 6.99. The van der Waals surface area contributed by atoms with Crippen molar-refractivity contribution in [2.45, 2.75) is 39.2 Å². The maximum Gasteiger partial charge on any atom is 0.337 e. The third-order valence-electron chi connectivity index (χ3n) is 4.18. The molecule has 1 N–H and O–H groups in total. The first-order valence-electron chi connectivity index (χ1n) is 8.97. The number of carbonyl (C=O) groups is 2. The van der Waals surface area contributed by atoms with Crippen molar-refractivity contribution >= 4 is 11.9 Å². The highest BCUT2D eigenvalue weighted by Gasteiger charge is 2.13. The number of hydrogen-bond acceptors (Lipinski definition) is 4. The molecule has 0 saturated carbocycles. The van der Waals surface area contributed by atoms with Gasteiger partial charge in [-0.2, -0.15) is 0 Å². The molecule has 2 rings (SSSR count). The van der Waals surface area contributed by atoms with Gasteiger partial charge >= 0.3 is 5.97 Å². The van der Waals surface area contributed by atoms with E-state index >= 15 is 0 Å². The van der Waals surface area contributed by atoms with Crippen molar-refractivity contribution in [1.29, 1.82) is 0 Å². The van der Waals surface area contributed by atoms with Gasteiger partial charge in [-0.1, -0.05) is 45.0 Å². The second-order valence-corrected chi connectivity index (χ2v) is 7.34. The fraction of sp³-hybridized carbons (Fsp3) is 0.364. The third-order valence-corrected chi connectivity index (χ3v) is 4.18. The molecule has 144 valence electrons. The monoisotopic (exact) mass is 369 g/mol. The van der Waals surface area contributed by atoms with E-state index in [1.807, 2.05) is 24.3 Å². The van der Waals surface area contributed by atoms with E-state index in [4.69, 9.17) is 4.74 Å². The molecule has 0 bridgehead atoms. The number of hydrogen-bond donors (Lipinski definition) is 1. The van der Waals surface area contributed by atoms with Gasteiger partial charge in [0, 0.05) is 6.54 Å². The molecule has 0 aromatic heterocycles. The Morgan fingerprint density at radius 2 is 1.59 bits per heavy atom. The molecule has 0 radical (unpaired) electrons. The summed E-state index contributed by atoms with van der Waals surface area (Å²) in [5.41, 5.74) is 2.74. The van der Waals surface area contributed by atoms with E-state index in [9.17, 15) is 9.59 Å². The topological polar surface area (TPSA) is 64.6 Å². The Morgan fingerprint density at radius 1 is 0.963 bits per heavy atom. The van der Waals surface area contributed by atoms with Crippen molar-refractivity contribution in [1.82, 2.24) is 5.32 Å². The fourth-order valence-electron chi connectivity index (χ4n) is 2.48. The standard InChI is InChI=1S/C22H27NO4/c1-22(2,3)18-9-11-19(12-10-18)27-14-13-20(24)23-15-16-5-7-17(8-6-16)21(25)26-4/h5-12H,13-15H2,1-4H3,(H,23,24). The Morgan fingerprint density at radius 3 is 2.15 bits per heavy atom. The lowest BCUT2D eigenvalue weighted by Gasteiger charge is -2.19. The van der Waals surface area contributed by atoms with Crippen LogP contribution in [0.3, 0.4) is 0 Å². The SMILES string of the molecule is COC(=O)c1ccc(CNC(=O)CCOc2ccc(C(C)(C)C)cc2)cc1. The minimum Gasteiger partial charge on any atom is -0.493 e. The van der Waals surface area contributed by atoms with Crippen LogP contribution in [0.5, 0.6) is 5.75 Å². The second-order valence-electron chi connectivity index (χ2n) is 7.34. The number of rotatable bonds is 7. The van der Waals surface area contributed by atoms with Crippen LogP contribution in [0, 0.1) is 0 Å². The number of benzene rings is 2. The van der Waals surface area contributed by atoms with Gasteiger partial charge in [0.2, 0.25) is 5.91 Å². The number of nitrogens with one attached hydrogen (secondary N) is 1. The highest BCUT2D eigenvalue weighted by Crippen LogP contribution is 2.24. The molecule has 0 heterocycles. The van der Waals surface area contributed by atoms with E-state index in [1.165, 1.54) is 12.7 Å². The van der Waals surface area contributed by atoms with Crippen molar-refractivity contribution in [3.8, 4) is 5.75 Å². The first-order valence-corrected chi connectivity index (χ1v) is 8.97. The van der Waals surface area contributed by atoms with Gasteiger partial charge in [-0.3, -0.25) is 4.79 Å². The van der Waals surface area contributed by atoms with Crippen LogP contribution in [0.15, 0.2) is 48.5 Å². The van der Waals surface area contributed by atoms with Gasteiger partial charge in [0.1, 0.15) is 5.75 Å². The van der Waals surface area contributed by atoms with Crippen molar-refractivity contribution in [3.63, 3.8) is 0 Å². The lowest BCUT2D eigenvalue weighted by Crippen LogP contribution is -2.24. The van der Waals surface area contributed by atoms with Crippen LogP contribution in [0.2, 0.25) is 0 Å². The molecule has 0 aliphatic heterocycles. The molecular weight excluding hydrogens is 342 g/mol. The molecule has 0 aliphatic rings. The van der Waals surface area contributed by atoms with Crippen LogP contribution in [0.25, 0.3) is 0 Å². The first kappa shape index (κ1) is 20.5. The molecule has 0 unspecified atom stereocenters. The third kappa shape index (κ3) is 6.44. The van der Waals surface area contributed by atoms with E-state index in [1.54, 1.807) is 24.3 Å². The van der Waals surface area contributed by atoms with Crippen molar-refractivity contribution in [2.75, 3.05) is 13.7 Å². The van der Waals surface area contributed by atoms with Crippen molar-refractivity contribution in [2.24, 2.45) is 0 Å². The minimum atomic E-state index is -0.377. The van der Waals surface area contributed by atoms with E-state index in [2.05, 4.69) is 30.8 Å². The Bertz CT molecular complexity index is 758. The molecule has 5 heteroatoms. The molecule has 5 nitrogen and oxygen atoms in total. The molecule has 27 heavy (non-hydrogen) atoms. The number of esters is 1. The predicted molar refractivity (Wildman–Crippen MR) is 105 cm³/mol. The summed E-state index contributed by atoms with van der Waals surface area (Å²) < 4.78 is 10.3. The van der Waals surface area contributed by atoms with Crippen LogP contribution >= 0.6 is 0 Å². The summed E-state index contributed by atoms with van der Waals surface area (Å²) in [4.78, 5) is 23.3. The van der Waals surface area contributed by atoms with Gasteiger partial charge in [0.15, 0.2) is 0 Å². The summed E-state index contributed by atoms with van der Waals surface area (Å²) in [6, 6.07) is 14.9. The van der Waals surface area contributed by atoms with Crippen LogP contribution in [0.1, 0.15) is 48.7 Å². The van der Waals surface area contributed by atoms with Gasteiger partial charge in [-0.15, -0.1) is 0 Å². The van der Waals surface area contributed by atoms with Crippen LogP contribution < -0.4 is 10.1 Å². The van der Waals surface area contributed by atoms with Crippen LogP contribution in [-0.4, -0.2) is 25.6 Å². The summed E-state index contributed by atoms with van der Waals surface area (Å²) in [6.45, 7) is 7.21. The average Bonchev–Trinajstić information content (AvgIpc) is 2.66. The van der Waals surface area contributed by atoms with Gasteiger partial charge in [-0.25, -0.2) is 4.79 Å². The lowest BCUT2D eigenvalue weighted by molar-refractivity contribution is -0.121. The first-order chi connectivity index (χ1) is 12.8. The Hall–Kier alpha value is -2.82. The van der Waals surface area contributed by atoms with Gasteiger partial charge in [0.25, 0.3) is 0 Å². The van der Waals surface area contributed by atoms with Crippen molar-refractivity contribution in [3.05, 3.63) is 65.2 Å². The normalized spacial score (nSPS) is 11.0. The predicted octanol–water partition coefficient (Wildman–Crippen LogP) is 3.86. The molecule has 0 fully saturated rings. The van der Waals surface area contributed by atoms with E-state index in [0.29, 0.717) is 18.7 Å². The number of amides is 1. The zero-order valence-electron chi connectivity index (χ0n) is 16.4. The number of carbonyl (C=O) groups excluding carboxylic acids is 2. The quantitative estimate of drug-likeness (QED) is 0.753. The van der Waals surface area contributed by atoms with Gasteiger partial charge < -0.3 is 14.8 Å². The second kappa shape index (κ2) is 9.21. The maximum absolute atomic E-state index is 11.9. The maximum atomic E-state index is 11.9.